The Labute approximate surface area is 131 Å². The van der Waals surface area contributed by atoms with E-state index in [-0.39, 0.29) is 5.75 Å². The topological polar surface area (TPSA) is 49.9 Å². The number of benzene rings is 1. The molecule has 1 aromatic rings. The number of ether oxygens (including phenoxy) is 1. The third kappa shape index (κ3) is 4.47. The van der Waals surface area contributed by atoms with Gasteiger partial charge in [0.2, 0.25) is 10.0 Å². The lowest BCUT2D eigenvalue weighted by Crippen LogP contribution is -2.48. The van der Waals surface area contributed by atoms with E-state index in [1.807, 2.05) is 4.90 Å². The van der Waals surface area contributed by atoms with E-state index < -0.39 is 22.6 Å². The zero-order chi connectivity index (χ0) is 17.3. The summed E-state index contributed by atoms with van der Waals surface area (Å²) >= 11 is 0. The van der Waals surface area contributed by atoms with Gasteiger partial charge in [-0.1, -0.05) is 0 Å². The molecule has 0 atom stereocenters. The van der Waals surface area contributed by atoms with E-state index in [4.69, 9.17) is 0 Å². The second kappa shape index (κ2) is 6.52. The first-order chi connectivity index (χ1) is 10.6. The predicted molar refractivity (Wildman–Crippen MR) is 76.7 cm³/mol. The van der Waals surface area contributed by atoms with Crippen molar-refractivity contribution in [1.29, 1.82) is 0 Å². The van der Waals surface area contributed by atoms with Crippen LogP contribution in [0.15, 0.2) is 24.3 Å². The highest BCUT2D eigenvalue weighted by atomic mass is 32.2. The van der Waals surface area contributed by atoms with Gasteiger partial charge >= 0.3 is 12.5 Å². The highest BCUT2D eigenvalue weighted by Crippen LogP contribution is 2.29. The van der Waals surface area contributed by atoms with Crippen molar-refractivity contribution in [1.82, 2.24) is 4.31 Å². The molecule has 5 nitrogen and oxygen atoms in total. The van der Waals surface area contributed by atoms with Crippen LogP contribution in [-0.2, 0) is 10.0 Å². The molecule has 10 heteroatoms. The van der Waals surface area contributed by atoms with Crippen LogP contribution in [0.5, 0.6) is 5.75 Å². The van der Waals surface area contributed by atoms with Gasteiger partial charge in [0.25, 0.3) is 0 Å². The number of sulfonamides is 1. The number of nitrogens with zero attached hydrogens (tertiary/aromatic N) is 2. The van der Waals surface area contributed by atoms with E-state index in [1.165, 1.54) is 28.6 Å². The summed E-state index contributed by atoms with van der Waals surface area (Å²) < 4.78 is 77.9. The standard InChI is InChI=1S/C13H16F4N2O3S/c1-23(20,21)19-8-6-18(7-9-19)10-2-4-11(5-3-10)22-13(16,17)12(14)15/h2-5,12H,6-9H2,1H3. The van der Waals surface area contributed by atoms with Gasteiger partial charge in [0.05, 0.1) is 6.26 Å². The summed E-state index contributed by atoms with van der Waals surface area (Å²) in [4.78, 5) is 1.87. The lowest BCUT2D eigenvalue weighted by molar-refractivity contribution is -0.253. The first-order valence-electron chi connectivity index (χ1n) is 6.75. The summed E-state index contributed by atoms with van der Waals surface area (Å²) in [6, 6.07) is 5.28. The number of anilines is 1. The van der Waals surface area contributed by atoms with Crippen molar-refractivity contribution in [3.8, 4) is 5.75 Å². The first kappa shape index (κ1) is 17.8. The van der Waals surface area contributed by atoms with Crippen LogP contribution < -0.4 is 9.64 Å². The molecule has 1 saturated heterocycles. The van der Waals surface area contributed by atoms with E-state index in [9.17, 15) is 26.0 Å². The van der Waals surface area contributed by atoms with Crippen LogP contribution in [0.1, 0.15) is 0 Å². The SMILES string of the molecule is CS(=O)(=O)N1CCN(c2ccc(OC(F)(F)C(F)F)cc2)CC1. The molecule has 23 heavy (non-hydrogen) atoms. The van der Waals surface area contributed by atoms with Crippen molar-refractivity contribution in [2.24, 2.45) is 0 Å². The molecule has 0 amide bonds. The van der Waals surface area contributed by atoms with Crippen molar-refractivity contribution in [3.63, 3.8) is 0 Å². The third-order valence-corrected chi connectivity index (χ3v) is 4.72. The fraction of sp³-hybridized carbons (Fsp3) is 0.538. The number of rotatable bonds is 5. The Bertz CT molecular complexity index is 629. The maximum atomic E-state index is 12.8. The Morgan fingerprint density at radius 1 is 1.09 bits per heavy atom. The molecule has 1 aliphatic heterocycles. The van der Waals surface area contributed by atoms with Gasteiger partial charge in [-0.3, -0.25) is 0 Å². The van der Waals surface area contributed by atoms with E-state index in [2.05, 4.69) is 4.74 Å². The van der Waals surface area contributed by atoms with Crippen LogP contribution in [0.2, 0.25) is 0 Å². The van der Waals surface area contributed by atoms with Crippen LogP contribution in [-0.4, -0.2) is 57.7 Å². The zero-order valence-electron chi connectivity index (χ0n) is 12.3. The fourth-order valence-corrected chi connectivity index (χ4v) is 3.03. The van der Waals surface area contributed by atoms with Crippen molar-refractivity contribution in [2.75, 3.05) is 37.3 Å². The maximum Gasteiger partial charge on any atom is 0.461 e. The van der Waals surface area contributed by atoms with Gasteiger partial charge in [0.1, 0.15) is 5.75 Å². The van der Waals surface area contributed by atoms with E-state index >= 15 is 0 Å². The zero-order valence-corrected chi connectivity index (χ0v) is 13.1. The summed E-state index contributed by atoms with van der Waals surface area (Å²) in [5.41, 5.74) is 0.672. The van der Waals surface area contributed by atoms with Gasteiger partial charge in [0, 0.05) is 31.9 Å². The third-order valence-electron chi connectivity index (χ3n) is 3.42. The highest BCUT2D eigenvalue weighted by molar-refractivity contribution is 7.88. The van der Waals surface area contributed by atoms with Crippen LogP contribution in [0.4, 0.5) is 23.2 Å². The minimum Gasteiger partial charge on any atom is -0.428 e. The molecular weight excluding hydrogens is 340 g/mol. The lowest BCUT2D eigenvalue weighted by Gasteiger charge is -2.34. The van der Waals surface area contributed by atoms with Gasteiger partial charge in [-0.05, 0) is 24.3 Å². The molecule has 1 aliphatic rings. The Balaban J connectivity index is 1.99. The average molecular weight is 356 g/mol. The van der Waals surface area contributed by atoms with Crippen molar-refractivity contribution in [3.05, 3.63) is 24.3 Å². The highest BCUT2D eigenvalue weighted by Gasteiger charge is 2.43. The predicted octanol–water partition coefficient (Wildman–Crippen LogP) is 2.00. The molecule has 0 aliphatic carbocycles. The molecule has 0 spiro atoms. The number of alkyl halides is 4. The molecule has 0 saturated carbocycles. The minimum absolute atomic E-state index is 0.320. The van der Waals surface area contributed by atoms with Gasteiger partial charge in [-0.2, -0.15) is 21.9 Å². The molecule has 0 unspecified atom stereocenters. The molecule has 1 aromatic carbocycles. The van der Waals surface area contributed by atoms with Crippen molar-refractivity contribution in [2.45, 2.75) is 12.5 Å². The quantitative estimate of drug-likeness (QED) is 0.758. The average Bonchev–Trinajstić information content (AvgIpc) is 2.47. The van der Waals surface area contributed by atoms with E-state index in [0.717, 1.165) is 6.26 Å². The largest absolute Gasteiger partial charge is 0.461 e. The monoisotopic (exact) mass is 356 g/mol. The van der Waals surface area contributed by atoms with Crippen LogP contribution >= 0.6 is 0 Å². The Kier molecular flexibility index (Phi) is 5.04. The van der Waals surface area contributed by atoms with Gasteiger partial charge in [-0.25, -0.2) is 8.42 Å². The normalized spacial score (nSPS) is 17.6. The lowest BCUT2D eigenvalue weighted by atomic mass is 10.2. The van der Waals surface area contributed by atoms with Crippen molar-refractivity contribution >= 4 is 15.7 Å². The molecule has 1 heterocycles. The maximum absolute atomic E-state index is 12.8. The summed E-state index contributed by atoms with van der Waals surface area (Å²) in [6.45, 7) is 1.53. The molecule has 0 radical (unpaired) electrons. The van der Waals surface area contributed by atoms with Gasteiger partial charge in [-0.15, -0.1) is 0 Å². The molecule has 2 rings (SSSR count). The van der Waals surface area contributed by atoms with Gasteiger partial charge < -0.3 is 9.64 Å². The summed E-state index contributed by atoms with van der Waals surface area (Å²) in [6.07, 6.45) is -7.31. The molecule has 1 fully saturated rings. The Hall–Kier alpha value is -1.55. The molecular formula is C13H16F4N2O3S. The molecule has 130 valence electrons. The summed E-state index contributed by atoms with van der Waals surface area (Å²) in [7, 11) is -3.23. The minimum atomic E-state index is -4.54. The number of piperazine rings is 1. The summed E-state index contributed by atoms with van der Waals surface area (Å²) in [5.74, 6) is -0.367. The number of halogens is 4. The molecule has 0 N–H and O–H groups in total. The van der Waals surface area contributed by atoms with Crippen LogP contribution in [0, 0.1) is 0 Å². The van der Waals surface area contributed by atoms with Crippen LogP contribution in [0.25, 0.3) is 0 Å². The molecule has 0 bridgehead atoms. The van der Waals surface area contributed by atoms with E-state index in [0.29, 0.717) is 31.9 Å². The first-order valence-corrected chi connectivity index (χ1v) is 8.59. The number of hydrogen-bond donors (Lipinski definition) is 0. The van der Waals surface area contributed by atoms with Crippen molar-refractivity contribution < 1.29 is 30.7 Å². The Morgan fingerprint density at radius 3 is 2.04 bits per heavy atom. The smallest absolute Gasteiger partial charge is 0.428 e. The van der Waals surface area contributed by atoms with Gasteiger partial charge in [0.15, 0.2) is 0 Å². The summed E-state index contributed by atoms with van der Waals surface area (Å²) in [5, 5.41) is 0. The second-order valence-electron chi connectivity index (χ2n) is 5.11. The number of hydrogen-bond acceptors (Lipinski definition) is 4. The van der Waals surface area contributed by atoms with Crippen LogP contribution in [0.3, 0.4) is 0 Å². The van der Waals surface area contributed by atoms with E-state index in [1.54, 1.807) is 0 Å². The molecule has 0 aromatic heterocycles. The fourth-order valence-electron chi connectivity index (χ4n) is 2.20. The Morgan fingerprint density at radius 2 is 1.61 bits per heavy atom. The second-order valence-corrected chi connectivity index (χ2v) is 7.09.